The maximum Gasteiger partial charge on any atom is 0.305 e. The van der Waals surface area contributed by atoms with Crippen molar-refractivity contribution in [2.24, 2.45) is 0 Å². The largest absolute Gasteiger partial charge is 0.469 e. The van der Waals surface area contributed by atoms with Crippen LogP contribution in [0.5, 0.6) is 0 Å². The monoisotopic (exact) mass is 477 g/mol. The van der Waals surface area contributed by atoms with Gasteiger partial charge >= 0.3 is 5.97 Å². The van der Waals surface area contributed by atoms with E-state index in [-0.39, 0.29) is 5.97 Å². The molecule has 1 unspecified atom stereocenters. The standard InChI is InChI=1S/C31H59NO2/c1-5-6-7-8-9-10-11-12-13-14-15-16-17-18-19-21-24-27-30(32(2)3)28-25-22-20-23-26-29-31(33)34-4/h9-10,12-13,30H,5-8,11,14-29H2,1-4H3. The predicted molar refractivity (Wildman–Crippen MR) is 150 cm³/mol. The van der Waals surface area contributed by atoms with Crippen LogP contribution < -0.4 is 0 Å². The fourth-order valence-corrected chi connectivity index (χ4v) is 4.49. The van der Waals surface area contributed by atoms with Gasteiger partial charge in [-0.25, -0.2) is 0 Å². The van der Waals surface area contributed by atoms with Crippen molar-refractivity contribution in [1.29, 1.82) is 0 Å². The van der Waals surface area contributed by atoms with Crippen LogP contribution in [0.4, 0.5) is 0 Å². The number of nitrogens with zero attached hydrogens (tertiary/aromatic N) is 1. The van der Waals surface area contributed by atoms with Crippen LogP contribution in [-0.4, -0.2) is 38.1 Å². The van der Waals surface area contributed by atoms with Crippen LogP contribution in [0, 0.1) is 0 Å². The molecule has 0 aromatic heterocycles. The summed E-state index contributed by atoms with van der Waals surface area (Å²) in [4.78, 5) is 13.6. The van der Waals surface area contributed by atoms with Crippen LogP contribution in [-0.2, 0) is 9.53 Å². The highest BCUT2D eigenvalue weighted by Crippen LogP contribution is 2.17. The quantitative estimate of drug-likeness (QED) is 0.0745. The Morgan fingerprint density at radius 1 is 0.676 bits per heavy atom. The molecule has 34 heavy (non-hydrogen) atoms. The Morgan fingerprint density at radius 2 is 1.15 bits per heavy atom. The third kappa shape index (κ3) is 24.0. The Labute approximate surface area is 213 Å². The zero-order valence-corrected chi connectivity index (χ0v) is 23.5. The Balaban J connectivity index is 3.50. The first kappa shape index (κ1) is 32.9. The average Bonchev–Trinajstić information content (AvgIpc) is 2.83. The second-order valence-corrected chi connectivity index (χ2v) is 10.2. The number of rotatable bonds is 25. The summed E-state index contributed by atoms with van der Waals surface area (Å²) in [6.45, 7) is 2.26. The summed E-state index contributed by atoms with van der Waals surface area (Å²) >= 11 is 0. The molecule has 0 saturated heterocycles. The van der Waals surface area contributed by atoms with E-state index in [0.29, 0.717) is 6.42 Å². The highest BCUT2D eigenvalue weighted by Gasteiger charge is 2.10. The van der Waals surface area contributed by atoms with Gasteiger partial charge in [0.05, 0.1) is 7.11 Å². The van der Waals surface area contributed by atoms with E-state index >= 15 is 0 Å². The number of esters is 1. The molecule has 200 valence electrons. The summed E-state index contributed by atoms with van der Waals surface area (Å²) in [5.74, 6) is -0.0724. The number of carbonyl (C=O) groups is 1. The van der Waals surface area contributed by atoms with Crippen molar-refractivity contribution in [3.8, 4) is 0 Å². The molecule has 0 aromatic carbocycles. The van der Waals surface area contributed by atoms with E-state index in [1.165, 1.54) is 116 Å². The van der Waals surface area contributed by atoms with Gasteiger partial charge in [0, 0.05) is 12.5 Å². The molecule has 1 atom stereocenters. The van der Waals surface area contributed by atoms with Gasteiger partial charge in [-0.1, -0.05) is 108 Å². The lowest BCUT2D eigenvalue weighted by molar-refractivity contribution is -0.140. The zero-order valence-electron chi connectivity index (χ0n) is 23.5. The van der Waals surface area contributed by atoms with Crippen LogP contribution in [0.1, 0.15) is 142 Å². The van der Waals surface area contributed by atoms with Crippen molar-refractivity contribution in [2.45, 2.75) is 148 Å². The van der Waals surface area contributed by atoms with E-state index < -0.39 is 0 Å². The lowest BCUT2D eigenvalue weighted by Gasteiger charge is -2.24. The van der Waals surface area contributed by atoms with Crippen LogP contribution in [0.15, 0.2) is 24.3 Å². The Kier molecular flexibility index (Phi) is 25.7. The molecule has 0 aliphatic carbocycles. The van der Waals surface area contributed by atoms with E-state index in [9.17, 15) is 4.79 Å². The minimum atomic E-state index is -0.0724. The number of ether oxygens (including phenoxy) is 1. The Morgan fingerprint density at radius 3 is 1.65 bits per heavy atom. The van der Waals surface area contributed by atoms with Gasteiger partial charge in [-0.15, -0.1) is 0 Å². The van der Waals surface area contributed by atoms with Crippen molar-refractivity contribution in [2.75, 3.05) is 21.2 Å². The summed E-state index contributed by atoms with van der Waals surface area (Å²) in [5.41, 5.74) is 0. The zero-order chi connectivity index (χ0) is 25.1. The van der Waals surface area contributed by atoms with Crippen LogP contribution in [0.3, 0.4) is 0 Å². The molecule has 0 aliphatic rings. The van der Waals surface area contributed by atoms with Crippen molar-refractivity contribution >= 4 is 5.97 Å². The number of hydrogen-bond donors (Lipinski definition) is 0. The van der Waals surface area contributed by atoms with Gasteiger partial charge in [-0.2, -0.15) is 0 Å². The van der Waals surface area contributed by atoms with Gasteiger partial charge in [0.15, 0.2) is 0 Å². The molecular formula is C31H59NO2. The second-order valence-electron chi connectivity index (χ2n) is 10.2. The van der Waals surface area contributed by atoms with Crippen LogP contribution in [0.2, 0.25) is 0 Å². The molecule has 0 rings (SSSR count). The third-order valence-corrected chi connectivity index (χ3v) is 6.86. The highest BCUT2D eigenvalue weighted by molar-refractivity contribution is 5.68. The van der Waals surface area contributed by atoms with Crippen LogP contribution in [0.25, 0.3) is 0 Å². The minimum Gasteiger partial charge on any atom is -0.469 e. The summed E-state index contributed by atoms with van der Waals surface area (Å²) in [5, 5.41) is 0. The molecular weight excluding hydrogens is 418 g/mol. The predicted octanol–water partition coefficient (Wildman–Crippen LogP) is 9.41. The summed E-state index contributed by atoms with van der Waals surface area (Å²) in [6, 6.07) is 0.730. The number of methoxy groups -OCH3 is 1. The van der Waals surface area contributed by atoms with Gasteiger partial charge < -0.3 is 9.64 Å². The molecule has 0 N–H and O–H groups in total. The van der Waals surface area contributed by atoms with Crippen molar-refractivity contribution in [3.05, 3.63) is 24.3 Å². The molecule has 0 bridgehead atoms. The molecule has 0 heterocycles. The van der Waals surface area contributed by atoms with Crippen LogP contribution >= 0.6 is 0 Å². The minimum absolute atomic E-state index is 0.0724. The fourth-order valence-electron chi connectivity index (χ4n) is 4.49. The van der Waals surface area contributed by atoms with Gasteiger partial charge in [-0.05, 0) is 65.5 Å². The molecule has 0 aromatic rings. The normalized spacial score (nSPS) is 12.9. The van der Waals surface area contributed by atoms with Gasteiger partial charge in [0.25, 0.3) is 0 Å². The third-order valence-electron chi connectivity index (χ3n) is 6.86. The highest BCUT2D eigenvalue weighted by atomic mass is 16.5. The van der Waals surface area contributed by atoms with E-state index in [2.05, 4.69) is 50.2 Å². The first-order chi connectivity index (χ1) is 16.6. The summed E-state index contributed by atoms with van der Waals surface area (Å²) in [6.07, 6.45) is 35.9. The first-order valence-electron chi connectivity index (χ1n) is 14.6. The molecule has 0 radical (unpaired) electrons. The van der Waals surface area contributed by atoms with Crippen molar-refractivity contribution in [1.82, 2.24) is 4.90 Å². The summed E-state index contributed by atoms with van der Waals surface area (Å²) < 4.78 is 4.70. The van der Waals surface area contributed by atoms with Gasteiger partial charge in [0.1, 0.15) is 0 Å². The maximum atomic E-state index is 11.1. The van der Waals surface area contributed by atoms with E-state index in [1.54, 1.807) is 0 Å². The molecule has 0 amide bonds. The number of hydrogen-bond acceptors (Lipinski definition) is 3. The van der Waals surface area contributed by atoms with Crippen molar-refractivity contribution < 1.29 is 9.53 Å². The Bertz CT molecular complexity index is 484. The van der Waals surface area contributed by atoms with Gasteiger partial charge in [-0.3, -0.25) is 4.79 Å². The lowest BCUT2D eigenvalue weighted by atomic mass is 9.99. The Hall–Kier alpha value is -1.09. The van der Waals surface area contributed by atoms with E-state index in [1.807, 2.05) is 0 Å². The molecule has 0 saturated carbocycles. The van der Waals surface area contributed by atoms with Crippen molar-refractivity contribution in [3.63, 3.8) is 0 Å². The number of allylic oxidation sites excluding steroid dienone is 4. The molecule has 0 fully saturated rings. The maximum absolute atomic E-state index is 11.1. The van der Waals surface area contributed by atoms with E-state index in [0.717, 1.165) is 25.3 Å². The van der Waals surface area contributed by atoms with E-state index in [4.69, 9.17) is 4.74 Å². The molecule has 3 nitrogen and oxygen atoms in total. The number of carbonyl (C=O) groups excluding carboxylic acids is 1. The topological polar surface area (TPSA) is 29.5 Å². The fraction of sp³-hybridized carbons (Fsp3) is 0.839. The molecule has 0 spiro atoms. The summed E-state index contributed by atoms with van der Waals surface area (Å²) in [7, 11) is 5.94. The first-order valence-corrected chi connectivity index (χ1v) is 14.6. The molecule has 3 heteroatoms. The average molecular weight is 478 g/mol. The lowest BCUT2D eigenvalue weighted by Crippen LogP contribution is -2.27. The molecule has 0 aliphatic heterocycles. The second kappa shape index (κ2) is 26.5. The number of unbranched alkanes of at least 4 members (excludes halogenated alkanes) is 14. The van der Waals surface area contributed by atoms with Gasteiger partial charge in [0.2, 0.25) is 0 Å². The SMILES string of the molecule is CCCCCC=CCC=CCCCCCCCCCC(CCCCCCCC(=O)OC)N(C)C. The smallest absolute Gasteiger partial charge is 0.305 e.